The number of anilines is 1. The molecular weight excluding hydrogens is 492 g/mol. The molecule has 2 aromatic carbocycles. The summed E-state index contributed by atoms with van der Waals surface area (Å²) < 4.78 is 30.5. The van der Waals surface area contributed by atoms with Crippen molar-refractivity contribution >= 4 is 54.9 Å². The molecule has 0 aliphatic carbocycles. The van der Waals surface area contributed by atoms with Crippen LogP contribution in [-0.4, -0.2) is 73.3 Å². The maximum atomic E-state index is 12.4. The van der Waals surface area contributed by atoms with Gasteiger partial charge in [0, 0.05) is 17.2 Å². The van der Waals surface area contributed by atoms with Crippen LogP contribution in [0.5, 0.6) is 0 Å². The van der Waals surface area contributed by atoms with E-state index in [4.69, 9.17) is 10.3 Å². The normalized spacial score (nSPS) is 12.6. The fourth-order valence-electron chi connectivity index (χ4n) is 4.40. The van der Waals surface area contributed by atoms with Gasteiger partial charge in [-0.25, -0.2) is 18.4 Å². The molecule has 0 saturated carbocycles. The Morgan fingerprint density at radius 3 is 2.08 bits per heavy atom. The molecule has 190 valence electrons. The molecule has 0 atom stereocenters. The van der Waals surface area contributed by atoms with Crippen LogP contribution in [-0.2, 0) is 15.2 Å². The third-order valence-electron chi connectivity index (χ3n) is 6.23. The smallest absolute Gasteiger partial charge is 0.189 e. The van der Waals surface area contributed by atoms with Gasteiger partial charge >= 0.3 is 0 Å². The van der Waals surface area contributed by atoms with E-state index in [2.05, 4.69) is 71.8 Å². The van der Waals surface area contributed by atoms with Crippen LogP contribution in [0.4, 0.5) is 5.82 Å². The lowest BCUT2D eigenvalue weighted by molar-refractivity contribution is 0.434. The number of hydrogen-bond acceptors (Lipinski definition) is 8. The Labute approximate surface area is 228 Å². The summed E-state index contributed by atoms with van der Waals surface area (Å²) in [6.07, 6.45) is 1.55. The molecule has 0 saturated heterocycles. The molecule has 0 radical (unpaired) electrons. The molecule has 0 bridgehead atoms. The number of nitrogens with two attached hydrogens (primary N) is 1. The standard InChI is InChI=1S/C24H30B5N5O3S/c1-13(2)38(35,36)17-9-5-15(6-10-17)19-12-31-22(30)21(32-19)20-11-18(33-37-20)14-3-7-16(8-4-14)23(25,26)34-24(27,28)29/h3-13,34H,25-29H2,1-2H3,(H2,30,31). The Morgan fingerprint density at radius 1 is 0.921 bits per heavy atom. The second-order valence-corrected chi connectivity index (χ2v) is 13.8. The number of benzene rings is 2. The van der Waals surface area contributed by atoms with Gasteiger partial charge in [-0.3, -0.25) is 0 Å². The highest BCUT2D eigenvalue weighted by Crippen LogP contribution is 2.31. The van der Waals surface area contributed by atoms with E-state index in [0.29, 0.717) is 28.4 Å². The molecular formula is C24H30B5N5O3S. The molecule has 38 heavy (non-hydrogen) atoms. The molecule has 0 amide bonds. The van der Waals surface area contributed by atoms with E-state index >= 15 is 0 Å². The number of nitrogen functional groups attached to an aromatic ring is 1. The molecule has 0 fully saturated rings. The first-order chi connectivity index (χ1) is 17.7. The maximum absolute atomic E-state index is 12.4. The summed E-state index contributed by atoms with van der Waals surface area (Å²) in [7, 11) is 7.41. The van der Waals surface area contributed by atoms with Crippen molar-refractivity contribution in [1.29, 1.82) is 0 Å². The van der Waals surface area contributed by atoms with Crippen LogP contribution in [0, 0.1) is 0 Å². The Hall–Kier alpha value is -3.24. The first-order valence-electron chi connectivity index (χ1n) is 12.5. The van der Waals surface area contributed by atoms with Gasteiger partial charge in [0.25, 0.3) is 0 Å². The van der Waals surface area contributed by atoms with Gasteiger partial charge in [-0.2, -0.15) is 0 Å². The van der Waals surface area contributed by atoms with E-state index in [0.717, 1.165) is 11.1 Å². The van der Waals surface area contributed by atoms with Crippen molar-refractivity contribution in [3.63, 3.8) is 0 Å². The minimum absolute atomic E-state index is 0.0213. The van der Waals surface area contributed by atoms with Gasteiger partial charge in [0.05, 0.1) is 22.0 Å². The third-order valence-corrected chi connectivity index (χ3v) is 8.40. The number of nitrogens with zero attached hydrogens (tertiary/aromatic N) is 3. The van der Waals surface area contributed by atoms with Crippen molar-refractivity contribution in [3.05, 3.63) is 66.4 Å². The molecule has 2 heterocycles. The van der Waals surface area contributed by atoms with Crippen LogP contribution in [0.15, 0.2) is 70.2 Å². The number of sulfone groups is 1. The highest BCUT2D eigenvalue weighted by atomic mass is 32.2. The van der Waals surface area contributed by atoms with Crippen molar-refractivity contribution in [2.75, 3.05) is 5.73 Å². The zero-order valence-corrected chi connectivity index (χ0v) is 23.7. The second kappa shape index (κ2) is 10.1. The van der Waals surface area contributed by atoms with Gasteiger partial charge in [-0.1, -0.05) is 46.8 Å². The van der Waals surface area contributed by atoms with E-state index in [-0.39, 0.29) is 21.3 Å². The van der Waals surface area contributed by atoms with E-state index in [1.54, 1.807) is 50.4 Å². The van der Waals surface area contributed by atoms with Gasteiger partial charge in [0.2, 0.25) is 0 Å². The summed E-state index contributed by atoms with van der Waals surface area (Å²) in [5.74, 6) is 0.602. The molecule has 4 rings (SSSR count). The molecule has 2 aromatic heterocycles. The Bertz CT molecular complexity index is 1550. The quantitative estimate of drug-likeness (QED) is 0.274. The highest BCUT2D eigenvalue weighted by Gasteiger charge is 2.26. The van der Waals surface area contributed by atoms with E-state index in [1.165, 1.54) is 0 Å². The molecule has 8 nitrogen and oxygen atoms in total. The van der Waals surface area contributed by atoms with Crippen molar-refractivity contribution < 1.29 is 12.9 Å². The summed E-state index contributed by atoms with van der Waals surface area (Å²) in [5, 5.41) is 7.15. The SMILES string of the molecule is BC(B)(B)NC(B)(B)c1ccc(-c2cc(-c3nc(-c4ccc(S(=O)(=O)C(C)C)cc4)cnc3N)on2)cc1. The van der Waals surface area contributed by atoms with Crippen LogP contribution < -0.4 is 11.1 Å². The van der Waals surface area contributed by atoms with Crippen molar-refractivity contribution in [2.45, 2.75) is 34.6 Å². The molecule has 0 unspecified atom stereocenters. The average Bonchev–Trinajstić information content (AvgIpc) is 3.33. The van der Waals surface area contributed by atoms with Crippen LogP contribution in [0.3, 0.4) is 0 Å². The van der Waals surface area contributed by atoms with Crippen molar-refractivity contribution in [2.24, 2.45) is 0 Å². The van der Waals surface area contributed by atoms with Gasteiger partial charge < -0.3 is 15.6 Å². The van der Waals surface area contributed by atoms with Crippen LogP contribution in [0.25, 0.3) is 34.0 Å². The van der Waals surface area contributed by atoms with Crippen molar-refractivity contribution in [3.8, 4) is 34.0 Å². The van der Waals surface area contributed by atoms with Gasteiger partial charge in [-0.15, -0.1) is 0 Å². The first kappa shape index (κ1) is 27.8. The molecule has 0 spiro atoms. The minimum atomic E-state index is -3.36. The lowest BCUT2D eigenvalue weighted by Crippen LogP contribution is -2.58. The summed E-state index contributed by atoms with van der Waals surface area (Å²) in [6, 6.07) is 16.6. The molecule has 0 aliphatic rings. The molecule has 3 N–H and O–H groups in total. The van der Waals surface area contributed by atoms with Gasteiger partial charge in [0.1, 0.15) is 44.9 Å². The zero-order valence-electron chi connectivity index (χ0n) is 22.9. The summed E-state index contributed by atoms with van der Waals surface area (Å²) in [6.45, 7) is 3.32. The highest BCUT2D eigenvalue weighted by molar-refractivity contribution is 7.92. The van der Waals surface area contributed by atoms with Crippen molar-refractivity contribution in [1.82, 2.24) is 20.4 Å². The largest absolute Gasteiger partial charge is 0.382 e. The predicted molar refractivity (Wildman–Crippen MR) is 165 cm³/mol. The summed E-state index contributed by atoms with van der Waals surface area (Å²) >= 11 is 0. The monoisotopic (exact) mass is 523 g/mol. The van der Waals surface area contributed by atoms with Crippen LogP contribution in [0.2, 0.25) is 0 Å². The van der Waals surface area contributed by atoms with Crippen LogP contribution in [0.1, 0.15) is 19.4 Å². The van der Waals surface area contributed by atoms with Gasteiger partial charge in [0.15, 0.2) is 27.1 Å². The molecule has 4 aromatic rings. The Morgan fingerprint density at radius 2 is 1.50 bits per heavy atom. The summed E-state index contributed by atoms with van der Waals surface area (Å²) in [5.41, 5.74) is 10.5. The minimum Gasteiger partial charge on any atom is -0.382 e. The summed E-state index contributed by atoms with van der Waals surface area (Å²) in [4.78, 5) is 9.20. The first-order valence-corrected chi connectivity index (χ1v) is 14.1. The third kappa shape index (κ3) is 5.91. The fraction of sp³-hybridized carbons (Fsp3) is 0.208. The zero-order chi connectivity index (χ0) is 27.9. The van der Waals surface area contributed by atoms with E-state index < -0.39 is 15.1 Å². The van der Waals surface area contributed by atoms with Crippen LogP contribution >= 0.6 is 0 Å². The number of rotatable bonds is 8. The Balaban J connectivity index is 1.60. The average molecular weight is 523 g/mol. The van der Waals surface area contributed by atoms with E-state index in [9.17, 15) is 8.42 Å². The van der Waals surface area contributed by atoms with E-state index in [1.807, 2.05) is 12.1 Å². The lowest BCUT2D eigenvalue weighted by Gasteiger charge is -2.36. The lowest BCUT2D eigenvalue weighted by atomic mass is 9.45. The maximum Gasteiger partial charge on any atom is 0.189 e. The number of nitrogens with one attached hydrogen (secondary N) is 1. The predicted octanol–water partition coefficient (Wildman–Crippen LogP) is -1.29. The second-order valence-electron chi connectivity index (χ2n) is 11.3. The molecule has 0 aliphatic heterocycles. The van der Waals surface area contributed by atoms with Gasteiger partial charge in [-0.05, 0) is 36.9 Å². The topological polar surface area (TPSA) is 124 Å². The number of aromatic nitrogens is 3. The Kier molecular flexibility index (Phi) is 7.42. The number of hydrogen-bond donors (Lipinski definition) is 2. The molecule has 14 heteroatoms. The fourth-order valence-corrected chi connectivity index (χ4v) is 5.46.